The number of fused-ring (bicyclic) bond motifs is 1. The summed E-state index contributed by atoms with van der Waals surface area (Å²) in [6.07, 6.45) is 0. The van der Waals surface area contributed by atoms with Crippen LogP contribution in [0, 0.1) is 0 Å². The number of nitrogens with zero attached hydrogens (tertiary/aromatic N) is 6. The van der Waals surface area contributed by atoms with Crippen LogP contribution in [0.5, 0.6) is 0 Å². The molecule has 0 spiro atoms. The quantitative estimate of drug-likeness (QED) is 0.403. The van der Waals surface area contributed by atoms with Crippen molar-refractivity contribution in [3.05, 3.63) is 91.3 Å². The molecular formula is C25H27BrN6O2. The molecule has 0 unspecified atom stereocenters. The van der Waals surface area contributed by atoms with Gasteiger partial charge in [0.2, 0.25) is 0 Å². The van der Waals surface area contributed by atoms with E-state index in [0.29, 0.717) is 24.3 Å². The van der Waals surface area contributed by atoms with Gasteiger partial charge in [0.15, 0.2) is 11.2 Å². The Morgan fingerprint density at radius 2 is 1.53 bits per heavy atom. The van der Waals surface area contributed by atoms with Gasteiger partial charge < -0.3 is 9.47 Å². The predicted molar refractivity (Wildman–Crippen MR) is 137 cm³/mol. The van der Waals surface area contributed by atoms with Crippen LogP contribution in [-0.2, 0) is 27.2 Å². The molecule has 1 aliphatic rings. The zero-order valence-corrected chi connectivity index (χ0v) is 20.9. The molecule has 5 rings (SSSR count). The molecule has 3 heterocycles. The van der Waals surface area contributed by atoms with Crippen molar-refractivity contribution in [3.63, 3.8) is 0 Å². The Hall–Kier alpha value is -3.17. The molecule has 0 saturated carbocycles. The molecular weight excluding hydrogens is 496 g/mol. The lowest BCUT2D eigenvalue weighted by Crippen LogP contribution is -2.46. The average Bonchev–Trinajstić information content (AvgIpc) is 3.21. The van der Waals surface area contributed by atoms with E-state index >= 15 is 0 Å². The van der Waals surface area contributed by atoms with Gasteiger partial charge in [0, 0.05) is 57.0 Å². The molecule has 34 heavy (non-hydrogen) atoms. The van der Waals surface area contributed by atoms with Gasteiger partial charge in [0.05, 0.1) is 6.54 Å². The smallest absolute Gasteiger partial charge is 0.332 e. The second-order valence-corrected chi connectivity index (χ2v) is 9.63. The van der Waals surface area contributed by atoms with E-state index in [0.717, 1.165) is 46.6 Å². The van der Waals surface area contributed by atoms with Crippen LogP contribution in [0.15, 0.2) is 68.7 Å². The highest BCUT2D eigenvalue weighted by molar-refractivity contribution is 9.10. The van der Waals surface area contributed by atoms with Crippen LogP contribution in [0.3, 0.4) is 0 Å². The van der Waals surface area contributed by atoms with Crippen LogP contribution in [0.25, 0.3) is 11.2 Å². The molecule has 0 radical (unpaired) electrons. The third-order valence-electron chi connectivity index (χ3n) is 6.54. The standard InChI is InChI=1S/C25H27BrN6O2/c1-28-23-22(24(33)29(2)25(28)34)32(16-18-8-10-19(26)11-9-18)21(27-23)17-30-12-14-31(15-13-30)20-6-4-3-5-7-20/h3-11H,12-17H2,1-2H3. The molecule has 176 valence electrons. The number of anilines is 1. The Balaban J connectivity index is 1.48. The fourth-order valence-corrected chi connectivity index (χ4v) is 4.82. The van der Waals surface area contributed by atoms with Crippen molar-refractivity contribution in [2.45, 2.75) is 13.1 Å². The molecule has 1 saturated heterocycles. The van der Waals surface area contributed by atoms with E-state index in [2.05, 4.69) is 50.0 Å². The average molecular weight is 523 g/mol. The number of rotatable bonds is 5. The molecule has 0 aliphatic carbocycles. The van der Waals surface area contributed by atoms with Gasteiger partial charge in [-0.1, -0.05) is 46.3 Å². The molecule has 9 heteroatoms. The highest BCUT2D eigenvalue weighted by atomic mass is 79.9. The number of hydrogen-bond donors (Lipinski definition) is 0. The molecule has 2 aromatic heterocycles. The molecule has 8 nitrogen and oxygen atoms in total. The number of aryl methyl sites for hydroxylation is 1. The van der Waals surface area contributed by atoms with Crippen molar-refractivity contribution < 1.29 is 0 Å². The molecule has 1 fully saturated rings. The number of benzene rings is 2. The van der Waals surface area contributed by atoms with E-state index in [1.54, 1.807) is 7.05 Å². The fourth-order valence-electron chi connectivity index (χ4n) is 4.56. The zero-order valence-electron chi connectivity index (χ0n) is 19.3. The first-order chi connectivity index (χ1) is 16.4. The van der Waals surface area contributed by atoms with E-state index in [1.165, 1.54) is 17.3 Å². The monoisotopic (exact) mass is 522 g/mol. The summed E-state index contributed by atoms with van der Waals surface area (Å²) < 4.78 is 5.60. The first kappa shape index (κ1) is 22.6. The lowest BCUT2D eigenvalue weighted by molar-refractivity contribution is 0.241. The maximum absolute atomic E-state index is 13.1. The van der Waals surface area contributed by atoms with Gasteiger partial charge >= 0.3 is 5.69 Å². The summed E-state index contributed by atoms with van der Waals surface area (Å²) in [5.74, 6) is 0.796. The van der Waals surface area contributed by atoms with E-state index in [4.69, 9.17) is 4.98 Å². The van der Waals surface area contributed by atoms with Gasteiger partial charge in [-0.3, -0.25) is 18.8 Å². The Morgan fingerprint density at radius 1 is 0.853 bits per heavy atom. The summed E-state index contributed by atoms with van der Waals surface area (Å²) in [7, 11) is 3.19. The minimum atomic E-state index is -0.367. The SMILES string of the molecule is Cn1c(=O)c2c(nc(CN3CCN(c4ccccc4)CC3)n2Cc2ccc(Br)cc2)n(C)c1=O. The van der Waals surface area contributed by atoms with Crippen LogP contribution in [0.1, 0.15) is 11.4 Å². The predicted octanol–water partition coefficient (Wildman–Crippen LogP) is 2.57. The van der Waals surface area contributed by atoms with Crippen LogP contribution < -0.4 is 16.1 Å². The summed E-state index contributed by atoms with van der Waals surface area (Å²) in [6, 6.07) is 18.5. The number of para-hydroxylation sites is 1. The summed E-state index contributed by atoms with van der Waals surface area (Å²) in [5, 5.41) is 0. The van der Waals surface area contributed by atoms with Gasteiger partial charge in [-0.05, 0) is 29.8 Å². The second kappa shape index (κ2) is 9.23. The summed E-state index contributed by atoms with van der Waals surface area (Å²) in [4.78, 5) is 35.2. The molecule has 4 aromatic rings. The minimum absolute atomic E-state index is 0.317. The third-order valence-corrected chi connectivity index (χ3v) is 7.07. The Morgan fingerprint density at radius 3 is 2.21 bits per heavy atom. The number of hydrogen-bond acceptors (Lipinski definition) is 5. The molecule has 0 bridgehead atoms. The number of piperazine rings is 1. The third kappa shape index (κ3) is 4.21. The maximum atomic E-state index is 13.1. The number of aromatic nitrogens is 4. The van der Waals surface area contributed by atoms with Gasteiger partial charge in [-0.15, -0.1) is 0 Å². The van der Waals surface area contributed by atoms with Crippen molar-refractivity contribution in [1.82, 2.24) is 23.6 Å². The van der Waals surface area contributed by atoms with Gasteiger partial charge in [0.25, 0.3) is 5.56 Å². The Kier molecular flexibility index (Phi) is 6.14. The molecule has 0 N–H and O–H groups in total. The lowest BCUT2D eigenvalue weighted by atomic mass is 10.2. The molecule has 0 amide bonds. The Bertz CT molecular complexity index is 1430. The van der Waals surface area contributed by atoms with Gasteiger partial charge in [-0.2, -0.15) is 0 Å². The first-order valence-electron chi connectivity index (χ1n) is 11.3. The maximum Gasteiger partial charge on any atom is 0.332 e. The number of imidazole rings is 1. The first-order valence-corrected chi connectivity index (χ1v) is 12.1. The van der Waals surface area contributed by atoms with Gasteiger partial charge in [-0.25, -0.2) is 9.78 Å². The van der Waals surface area contributed by atoms with Crippen molar-refractivity contribution in [3.8, 4) is 0 Å². The molecule has 0 atom stereocenters. The van der Waals surface area contributed by atoms with E-state index in [1.807, 2.05) is 34.9 Å². The normalized spacial score (nSPS) is 14.7. The van der Waals surface area contributed by atoms with Crippen molar-refractivity contribution in [2.75, 3.05) is 31.1 Å². The highest BCUT2D eigenvalue weighted by Gasteiger charge is 2.23. The van der Waals surface area contributed by atoms with Crippen molar-refractivity contribution in [2.24, 2.45) is 14.1 Å². The van der Waals surface area contributed by atoms with Gasteiger partial charge in [0.1, 0.15) is 5.82 Å². The molecule has 2 aromatic carbocycles. The lowest BCUT2D eigenvalue weighted by Gasteiger charge is -2.36. The van der Waals surface area contributed by atoms with E-state index in [-0.39, 0.29) is 11.2 Å². The van der Waals surface area contributed by atoms with Crippen LogP contribution in [0.2, 0.25) is 0 Å². The summed E-state index contributed by atoms with van der Waals surface area (Å²) in [6.45, 7) is 4.77. The van der Waals surface area contributed by atoms with Crippen LogP contribution in [-0.4, -0.2) is 49.8 Å². The number of halogens is 1. The van der Waals surface area contributed by atoms with Crippen molar-refractivity contribution >= 4 is 32.8 Å². The summed E-state index contributed by atoms with van der Waals surface area (Å²) >= 11 is 3.48. The zero-order chi connectivity index (χ0) is 23.8. The summed E-state index contributed by atoms with van der Waals surface area (Å²) in [5.41, 5.74) is 2.52. The van der Waals surface area contributed by atoms with E-state index in [9.17, 15) is 9.59 Å². The topological polar surface area (TPSA) is 68.3 Å². The van der Waals surface area contributed by atoms with E-state index < -0.39 is 0 Å². The minimum Gasteiger partial charge on any atom is -0.369 e. The largest absolute Gasteiger partial charge is 0.369 e. The van der Waals surface area contributed by atoms with Crippen molar-refractivity contribution in [1.29, 1.82) is 0 Å². The van der Waals surface area contributed by atoms with Crippen LogP contribution >= 0.6 is 15.9 Å². The second-order valence-electron chi connectivity index (χ2n) is 8.72. The fraction of sp³-hybridized carbons (Fsp3) is 0.320. The van der Waals surface area contributed by atoms with Crippen LogP contribution in [0.4, 0.5) is 5.69 Å². The Labute approximate surface area is 205 Å². The highest BCUT2D eigenvalue weighted by Crippen LogP contribution is 2.20. The molecule has 1 aliphatic heterocycles.